The number of thioether (sulfide) groups is 1. The van der Waals surface area contributed by atoms with Gasteiger partial charge in [0.2, 0.25) is 0 Å². The second-order valence-corrected chi connectivity index (χ2v) is 9.91. The van der Waals surface area contributed by atoms with E-state index in [1.807, 2.05) is 42.5 Å². The second-order valence-electron chi connectivity index (χ2n) is 8.11. The van der Waals surface area contributed by atoms with Crippen LogP contribution in [0.1, 0.15) is 37.9 Å². The first-order valence-electron chi connectivity index (χ1n) is 11.1. The molecule has 2 aromatic carbocycles. The van der Waals surface area contributed by atoms with Crippen LogP contribution < -0.4 is 10.1 Å². The smallest absolute Gasteiger partial charge is 0.191 e. The van der Waals surface area contributed by atoms with Gasteiger partial charge >= 0.3 is 0 Å². The lowest BCUT2D eigenvalue weighted by atomic mass is 10.2. The Kier molecular flexibility index (Phi) is 8.01. The van der Waals surface area contributed by atoms with Gasteiger partial charge in [0.15, 0.2) is 16.1 Å². The monoisotopic (exact) mass is 479 g/mol. The van der Waals surface area contributed by atoms with Crippen LogP contribution in [0.3, 0.4) is 0 Å². The summed E-state index contributed by atoms with van der Waals surface area (Å²) in [6.07, 6.45) is 1.02. The molecule has 0 bridgehead atoms. The summed E-state index contributed by atoms with van der Waals surface area (Å²) in [7, 11) is 0. The molecule has 0 aliphatic heterocycles. The lowest BCUT2D eigenvalue weighted by Gasteiger charge is -2.13. The third kappa shape index (κ3) is 6.58. The van der Waals surface area contributed by atoms with Crippen molar-refractivity contribution in [2.75, 3.05) is 5.32 Å². The number of benzene rings is 2. The third-order valence-corrected chi connectivity index (χ3v) is 6.77. The van der Waals surface area contributed by atoms with E-state index in [1.54, 1.807) is 23.1 Å². The molecule has 0 aliphatic rings. The Labute approximate surface area is 203 Å². The molecule has 0 radical (unpaired) electrons. The Balaban J connectivity index is 1.39. The fraction of sp³-hybridized carbons (Fsp3) is 0.320. The minimum atomic E-state index is 0.396. The molecule has 1 N–H and O–H groups in total. The lowest BCUT2D eigenvalue weighted by molar-refractivity contribution is 0.284. The van der Waals surface area contributed by atoms with Gasteiger partial charge in [0.05, 0.1) is 5.69 Å². The van der Waals surface area contributed by atoms with Crippen LogP contribution in [0.5, 0.6) is 5.75 Å². The topological polar surface area (TPSA) is 64.9 Å². The standard InChI is InChI=1S/C25H29N5OS2/c1-4-19-10-12-22(13-11-19)31-15-23-28-29-25(30(23)14-18(2)3)33-17-21-16-32-24(27-21)26-20-8-6-5-7-9-20/h5-13,16,18H,4,14-15,17H2,1-3H3,(H,26,27). The highest BCUT2D eigenvalue weighted by atomic mass is 32.2. The molecule has 8 heteroatoms. The van der Waals surface area contributed by atoms with Crippen molar-refractivity contribution >= 4 is 33.9 Å². The summed E-state index contributed by atoms with van der Waals surface area (Å²) in [6, 6.07) is 18.3. The molecule has 4 rings (SSSR count). The maximum absolute atomic E-state index is 6.00. The number of nitrogens with zero attached hydrogens (tertiary/aromatic N) is 4. The van der Waals surface area contributed by atoms with Crippen molar-refractivity contribution in [1.82, 2.24) is 19.7 Å². The minimum Gasteiger partial charge on any atom is -0.486 e. The van der Waals surface area contributed by atoms with Gasteiger partial charge in [0.25, 0.3) is 0 Å². The van der Waals surface area contributed by atoms with E-state index in [1.165, 1.54) is 5.56 Å². The molecule has 33 heavy (non-hydrogen) atoms. The molecule has 0 atom stereocenters. The van der Waals surface area contributed by atoms with Gasteiger partial charge in [-0.25, -0.2) is 4.98 Å². The number of thiazole rings is 1. The molecule has 0 fully saturated rings. The van der Waals surface area contributed by atoms with Crippen LogP contribution >= 0.6 is 23.1 Å². The maximum Gasteiger partial charge on any atom is 0.191 e. The van der Waals surface area contributed by atoms with E-state index in [0.717, 1.165) is 52.0 Å². The van der Waals surface area contributed by atoms with Crippen LogP contribution in [-0.4, -0.2) is 19.7 Å². The maximum atomic E-state index is 6.00. The average Bonchev–Trinajstić information content (AvgIpc) is 3.43. The number of ether oxygens (including phenoxy) is 1. The van der Waals surface area contributed by atoms with Crippen LogP contribution in [0.25, 0.3) is 0 Å². The van der Waals surface area contributed by atoms with Crippen LogP contribution in [0.15, 0.2) is 65.1 Å². The first kappa shape index (κ1) is 23.3. The highest BCUT2D eigenvalue weighted by Crippen LogP contribution is 2.27. The number of aromatic nitrogens is 4. The van der Waals surface area contributed by atoms with Gasteiger partial charge in [-0.05, 0) is 42.2 Å². The predicted molar refractivity (Wildman–Crippen MR) is 136 cm³/mol. The van der Waals surface area contributed by atoms with Crippen LogP contribution in [0.2, 0.25) is 0 Å². The van der Waals surface area contributed by atoms with Crippen molar-refractivity contribution in [2.24, 2.45) is 5.92 Å². The fourth-order valence-corrected chi connectivity index (χ4v) is 4.96. The van der Waals surface area contributed by atoms with Gasteiger partial charge in [-0.2, -0.15) is 0 Å². The van der Waals surface area contributed by atoms with Crippen molar-refractivity contribution < 1.29 is 4.74 Å². The number of nitrogens with one attached hydrogen (secondary N) is 1. The summed E-state index contributed by atoms with van der Waals surface area (Å²) in [6.45, 7) is 7.79. The zero-order chi connectivity index (χ0) is 23.0. The SMILES string of the molecule is CCc1ccc(OCc2nnc(SCc3csc(Nc4ccccc4)n3)n2CC(C)C)cc1. The van der Waals surface area contributed by atoms with Crippen molar-refractivity contribution in [3.8, 4) is 5.75 Å². The molecule has 0 unspecified atom stereocenters. The van der Waals surface area contributed by atoms with E-state index >= 15 is 0 Å². The van der Waals surface area contributed by atoms with Gasteiger partial charge in [0.1, 0.15) is 12.4 Å². The Bertz CT molecular complexity index is 1140. The molecule has 2 aromatic heterocycles. The number of hydrogen-bond donors (Lipinski definition) is 1. The third-order valence-electron chi connectivity index (χ3n) is 4.97. The predicted octanol–water partition coefficient (Wildman–Crippen LogP) is 6.57. The zero-order valence-corrected chi connectivity index (χ0v) is 20.8. The largest absolute Gasteiger partial charge is 0.486 e. The van der Waals surface area contributed by atoms with E-state index in [2.05, 4.69) is 58.4 Å². The summed E-state index contributed by atoms with van der Waals surface area (Å²) in [5, 5.41) is 16.1. The van der Waals surface area contributed by atoms with E-state index in [0.29, 0.717) is 12.5 Å². The number of aryl methyl sites for hydroxylation is 1. The zero-order valence-electron chi connectivity index (χ0n) is 19.2. The van der Waals surface area contributed by atoms with Gasteiger partial charge in [-0.15, -0.1) is 21.5 Å². The number of para-hydroxylation sites is 1. The minimum absolute atomic E-state index is 0.396. The quantitative estimate of drug-likeness (QED) is 0.246. The van der Waals surface area contributed by atoms with Gasteiger partial charge in [-0.1, -0.05) is 62.9 Å². The number of rotatable bonds is 11. The molecule has 4 aromatic rings. The Morgan fingerprint density at radius 2 is 1.85 bits per heavy atom. The van der Waals surface area contributed by atoms with Gasteiger partial charge in [0, 0.05) is 23.4 Å². The highest BCUT2D eigenvalue weighted by Gasteiger charge is 2.15. The summed E-state index contributed by atoms with van der Waals surface area (Å²) >= 11 is 3.27. The van der Waals surface area contributed by atoms with Crippen LogP contribution in [-0.2, 0) is 25.3 Å². The van der Waals surface area contributed by atoms with Gasteiger partial charge in [-0.3, -0.25) is 0 Å². The lowest BCUT2D eigenvalue weighted by Crippen LogP contribution is -2.12. The van der Waals surface area contributed by atoms with E-state index < -0.39 is 0 Å². The molecular weight excluding hydrogens is 450 g/mol. The van der Waals surface area contributed by atoms with E-state index in [4.69, 9.17) is 9.72 Å². The normalized spacial score (nSPS) is 11.2. The molecular formula is C25H29N5OS2. The van der Waals surface area contributed by atoms with E-state index in [-0.39, 0.29) is 0 Å². The molecule has 0 spiro atoms. The first-order valence-corrected chi connectivity index (χ1v) is 13.0. The molecule has 172 valence electrons. The van der Waals surface area contributed by atoms with Crippen molar-refractivity contribution in [3.63, 3.8) is 0 Å². The molecule has 0 aliphatic carbocycles. The van der Waals surface area contributed by atoms with Crippen LogP contribution in [0.4, 0.5) is 10.8 Å². The van der Waals surface area contributed by atoms with Crippen molar-refractivity contribution in [1.29, 1.82) is 0 Å². The molecule has 2 heterocycles. The number of hydrogen-bond acceptors (Lipinski definition) is 7. The average molecular weight is 480 g/mol. The molecule has 0 saturated heterocycles. The fourth-order valence-electron chi connectivity index (χ4n) is 3.26. The van der Waals surface area contributed by atoms with E-state index in [9.17, 15) is 0 Å². The molecule has 0 amide bonds. The Morgan fingerprint density at radius 3 is 2.58 bits per heavy atom. The summed E-state index contributed by atoms with van der Waals surface area (Å²) in [4.78, 5) is 4.71. The van der Waals surface area contributed by atoms with Crippen molar-refractivity contribution in [3.05, 3.63) is 77.1 Å². The summed E-state index contributed by atoms with van der Waals surface area (Å²) < 4.78 is 8.17. The Morgan fingerprint density at radius 1 is 1.06 bits per heavy atom. The van der Waals surface area contributed by atoms with Crippen molar-refractivity contribution in [2.45, 2.75) is 51.3 Å². The summed E-state index contributed by atoms with van der Waals surface area (Å²) in [5.74, 6) is 2.91. The number of anilines is 2. The molecule has 0 saturated carbocycles. The second kappa shape index (κ2) is 11.3. The first-order chi connectivity index (χ1) is 16.1. The van der Waals surface area contributed by atoms with Crippen LogP contribution in [0, 0.1) is 5.92 Å². The highest BCUT2D eigenvalue weighted by molar-refractivity contribution is 7.98. The molecule has 6 nitrogen and oxygen atoms in total. The summed E-state index contributed by atoms with van der Waals surface area (Å²) in [5.41, 5.74) is 3.36. The van der Waals surface area contributed by atoms with Gasteiger partial charge < -0.3 is 14.6 Å². The Hall–Kier alpha value is -2.84.